The van der Waals surface area contributed by atoms with Crippen LogP contribution in [0.15, 0.2) is 29.2 Å². The maximum atomic E-state index is 11.1. The minimum Gasteiger partial charge on any atom is -0.309 e. The molecule has 7 heteroatoms. The number of sulfonamides is 1. The molecule has 0 fully saturated rings. The van der Waals surface area contributed by atoms with Crippen molar-refractivity contribution in [1.82, 2.24) is 5.32 Å². The molecule has 0 radical (unpaired) electrons. The Hall–Kier alpha value is -0.760. The lowest BCUT2D eigenvalue weighted by Gasteiger charge is -2.14. The molecule has 0 amide bonds. The smallest absolute Gasteiger partial charge is 0.238 e. The molecule has 102 valence electrons. The topological polar surface area (TPSA) is 89.3 Å². The minimum atomic E-state index is -3.63. The Bertz CT molecular complexity index is 512. The van der Waals surface area contributed by atoms with Gasteiger partial charge in [-0.05, 0) is 24.6 Å². The molecule has 0 saturated carbocycles. The van der Waals surface area contributed by atoms with Crippen LogP contribution in [-0.4, -0.2) is 31.2 Å². The summed E-state index contributed by atoms with van der Waals surface area (Å²) in [5.74, 6) is 0.597. The second-order valence-corrected chi connectivity index (χ2v) is 7.18. The van der Waals surface area contributed by atoms with Crippen molar-refractivity contribution in [2.45, 2.75) is 17.9 Å². The van der Waals surface area contributed by atoms with Crippen LogP contribution in [0.5, 0.6) is 0 Å². The lowest BCUT2D eigenvalue weighted by molar-refractivity contribution is 0.592. The summed E-state index contributed by atoms with van der Waals surface area (Å²) in [6.07, 6.45) is 1.66. The highest BCUT2D eigenvalue weighted by atomic mass is 32.2. The standard InChI is InChI=1S/C11H18N2O3S2/c1-9(13-7-8-17(2)14)10-3-5-11(6-4-10)18(12,15)16/h3-6,9,13H,7-8H2,1-2H3,(H2,12,15,16). The zero-order valence-corrected chi connectivity index (χ0v) is 12.1. The quantitative estimate of drug-likeness (QED) is 0.792. The molecule has 1 rings (SSSR count). The van der Waals surface area contributed by atoms with Crippen LogP contribution in [0.1, 0.15) is 18.5 Å². The molecule has 18 heavy (non-hydrogen) atoms. The van der Waals surface area contributed by atoms with Gasteiger partial charge in [-0.1, -0.05) is 12.1 Å². The van der Waals surface area contributed by atoms with Gasteiger partial charge in [0.15, 0.2) is 0 Å². The van der Waals surface area contributed by atoms with E-state index in [0.717, 1.165) is 5.56 Å². The summed E-state index contributed by atoms with van der Waals surface area (Å²) >= 11 is 0. The summed E-state index contributed by atoms with van der Waals surface area (Å²) in [4.78, 5) is 0.105. The summed E-state index contributed by atoms with van der Waals surface area (Å²) in [5.41, 5.74) is 0.962. The fraction of sp³-hybridized carbons (Fsp3) is 0.455. The van der Waals surface area contributed by atoms with E-state index in [1.54, 1.807) is 18.4 Å². The molecular weight excluding hydrogens is 272 g/mol. The highest BCUT2D eigenvalue weighted by Gasteiger charge is 2.09. The van der Waals surface area contributed by atoms with Crippen LogP contribution in [-0.2, 0) is 20.8 Å². The van der Waals surface area contributed by atoms with Crippen LogP contribution in [0.25, 0.3) is 0 Å². The third-order valence-corrected chi connectivity index (χ3v) is 4.26. The van der Waals surface area contributed by atoms with Crippen LogP contribution in [0.4, 0.5) is 0 Å². The molecule has 1 aromatic carbocycles. The number of benzene rings is 1. The largest absolute Gasteiger partial charge is 0.309 e. The number of rotatable bonds is 6. The minimum absolute atomic E-state index is 0.0723. The van der Waals surface area contributed by atoms with Gasteiger partial charge in [0.1, 0.15) is 0 Å². The number of hydrogen-bond acceptors (Lipinski definition) is 4. The summed E-state index contributed by atoms with van der Waals surface area (Å²) in [7, 11) is -4.45. The third kappa shape index (κ3) is 4.85. The van der Waals surface area contributed by atoms with E-state index in [4.69, 9.17) is 5.14 Å². The molecule has 5 nitrogen and oxygen atoms in total. The fourth-order valence-electron chi connectivity index (χ4n) is 1.48. The molecule has 0 aromatic heterocycles. The first kappa shape index (κ1) is 15.3. The van der Waals surface area contributed by atoms with Gasteiger partial charge in [0, 0.05) is 35.4 Å². The van der Waals surface area contributed by atoms with Gasteiger partial charge in [-0.3, -0.25) is 4.21 Å². The van der Waals surface area contributed by atoms with Crippen molar-refractivity contribution in [3.8, 4) is 0 Å². The molecule has 0 saturated heterocycles. The number of nitrogens with two attached hydrogens (primary N) is 1. The second kappa shape index (κ2) is 6.42. The van der Waals surface area contributed by atoms with Gasteiger partial charge in [-0.15, -0.1) is 0 Å². The summed E-state index contributed by atoms with van der Waals surface area (Å²) in [6, 6.07) is 6.49. The average molecular weight is 290 g/mol. The van der Waals surface area contributed by atoms with Gasteiger partial charge in [0.25, 0.3) is 0 Å². The number of nitrogens with one attached hydrogen (secondary N) is 1. The Balaban J connectivity index is 2.65. The fourth-order valence-corrected chi connectivity index (χ4v) is 2.40. The van der Waals surface area contributed by atoms with Crippen molar-refractivity contribution < 1.29 is 12.6 Å². The van der Waals surface area contributed by atoms with E-state index in [9.17, 15) is 12.6 Å². The zero-order valence-electron chi connectivity index (χ0n) is 10.4. The van der Waals surface area contributed by atoms with E-state index >= 15 is 0 Å². The van der Waals surface area contributed by atoms with Gasteiger partial charge in [0.2, 0.25) is 10.0 Å². The van der Waals surface area contributed by atoms with Gasteiger partial charge in [-0.2, -0.15) is 0 Å². The first-order valence-electron chi connectivity index (χ1n) is 5.47. The summed E-state index contributed by atoms with van der Waals surface area (Å²) in [6.45, 7) is 2.62. The van der Waals surface area contributed by atoms with Crippen LogP contribution in [0.2, 0.25) is 0 Å². The molecular formula is C11H18N2O3S2. The van der Waals surface area contributed by atoms with E-state index in [2.05, 4.69) is 5.32 Å². The SMILES string of the molecule is CC(NCCS(C)=O)c1ccc(S(N)(=O)=O)cc1. The Labute approximate surface area is 110 Å². The van der Waals surface area contributed by atoms with E-state index < -0.39 is 20.8 Å². The van der Waals surface area contributed by atoms with Crippen molar-refractivity contribution in [2.75, 3.05) is 18.6 Å². The second-order valence-electron chi connectivity index (χ2n) is 4.07. The van der Waals surface area contributed by atoms with Gasteiger partial charge >= 0.3 is 0 Å². The zero-order chi connectivity index (χ0) is 13.8. The average Bonchev–Trinajstić information content (AvgIpc) is 2.27. The van der Waals surface area contributed by atoms with Gasteiger partial charge in [0.05, 0.1) is 4.90 Å². The maximum Gasteiger partial charge on any atom is 0.238 e. The van der Waals surface area contributed by atoms with E-state index in [1.807, 2.05) is 6.92 Å². The predicted octanol–water partition coefficient (Wildman–Crippen LogP) is 0.363. The molecule has 0 aliphatic heterocycles. The molecule has 0 bridgehead atoms. The third-order valence-electron chi connectivity index (χ3n) is 2.55. The van der Waals surface area contributed by atoms with Crippen LogP contribution in [0.3, 0.4) is 0 Å². The van der Waals surface area contributed by atoms with Crippen LogP contribution < -0.4 is 10.5 Å². The van der Waals surface area contributed by atoms with Crippen molar-refractivity contribution in [1.29, 1.82) is 0 Å². The lowest BCUT2D eigenvalue weighted by atomic mass is 10.1. The monoisotopic (exact) mass is 290 g/mol. The molecule has 0 aliphatic carbocycles. The first-order chi connectivity index (χ1) is 8.30. The number of hydrogen-bond donors (Lipinski definition) is 2. The normalized spacial score (nSPS) is 15.3. The van der Waals surface area contributed by atoms with Crippen LogP contribution in [0, 0.1) is 0 Å². The molecule has 3 N–H and O–H groups in total. The summed E-state index contributed by atoms with van der Waals surface area (Å²) in [5, 5.41) is 8.23. The molecule has 0 heterocycles. The van der Waals surface area contributed by atoms with Crippen LogP contribution >= 0.6 is 0 Å². The molecule has 1 aromatic rings. The molecule has 0 aliphatic rings. The summed E-state index contributed by atoms with van der Waals surface area (Å²) < 4.78 is 33.1. The predicted molar refractivity (Wildman–Crippen MR) is 73.2 cm³/mol. The lowest BCUT2D eigenvalue weighted by Crippen LogP contribution is -2.23. The van der Waals surface area contributed by atoms with Gasteiger partial charge < -0.3 is 5.32 Å². The van der Waals surface area contributed by atoms with Crippen molar-refractivity contribution in [3.63, 3.8) is 0 Å². The Kier molecular flexibility index (Phi) is 5.46. The first-order valence-corrected chi connectivity index (χ1v) is 8.74. The highest BCUT2D eigenvalue weighted by molar-refractivity contribution is 7.89. The van der Waals surface area contributed by atoms with E-state index in [-0.39, 0.29) is 10.9 Å². The van der Waals surface area contributed by atoms with Crippen molar-refractivity contribution in [3.05, 3.63) is 29.8 Å². The molecule has 2 unspecified atom stereocenters. The molecule has 0 spiro atoms. The van der Waals surface area contributed by atoms with E-state index in [0.29, 0.717) is 12.3 Å². The molecule has 2 atom stereocenters. The number of primary sulfonamides is 1. The van der Waals surface area contributed by atoms with Gasteiger partial charge in [-0.25, -0.2) is 13.6 Å². The van der Waals surface area contributed by atoms with Crippen molar-refractivity contribution >= 4 is 20.8 Å². The Morgan fingerprint density at radius 3 is 2.33 bits per heavy atom. The Morgan fingerprint density at radius 1 is 1.33 bits per heavy atom. The highest BCUT2D eigenvalue weighted by Crippen LogP contribution is 2.15. The van der Waals surface area contributed by atoms with Crippen molar-refractivity contribution in [2.24, 2.45) is 5.14 Å². The Morgan fingerprint density at radius 2 is 1.89 bits per heavy atom. The van der Waals surface area contributed by atoms with E-state index in [1.165, 1.54) is 12.1 Å². The maximum absolute atomic E-state index is 11.1.